The number of nitrogens with two attached hydrogens (primary N) is 1. The number of amides is 2. The largest absolute Gasteiger partial charge is 0.478 e. The minimum atomic E-state index is -1.28. The van der Waals surface area contributed by atoms with Crippen molar-refractivity contribution in [2.24, 2.45) is 5.73 Å². The lowest BCUT2D eigenvalue weighted by molar-refractivity contribution is -0.385. The topological polar surface area (TPSA) is 177 Å². The van der Waals surface area contributed by atoms with Crippen LogP contribution in [0.4, 0.5) is 20.2 Å². The Bertz CT molecular complexity index is 1580. The Morgan fingerprint density at radius 3 is 2.38 bits per heavy atom. The lowest BCUT2D eigenvalue weighted by Gasteiger charge is -2.34. The van der Waals surface area contributed by atoms with Crippen LogP contribution in [-0.4, -0.2) is 57.9 Å². The normalized spacial score (nSPS) is 14.5. The number of hydrogen-bond acceptors (Lipinski definition) is 8. The van der Waals surface area contributed by atoms with Gasteiger partial charge in [-0.3, -0.25) is 24.6 Å². The van der Waals surface area contributed by atoms with Crippen LogP contribution in [0.15, 0.2) is 54.6 Å². The van der Waals surface area contributed by atoms with Crippen molar-refractivity contribution < 1.29 is 37.9 Å². The van der Waals surface area contributed by atoms with Gasteiger partial charge in [-0.1, -0.05) is 25.5 Å². The molecule has 45 heavy (non-hydrogen) atoms. The number of primary amides is 1. The number of carboxylic acids is 1. The molecule has 1 fully saturated rings. The number of halogens is 2. The number of aromatic carboxylic acids is 1. The predicted octanol–water partition coefficient (Wildman–Crippen LogP) is 4.82. The molecule has 3 aromatic carbocycles. The van der Waals surface area contributed by atoms with E-state index in [4.69, 9.17) is 15.6 Å². The molecule has 4 rings (SSSR count). The number of likely N-dealkylation sites (tertiary alicyclic amines) is 1. The van der Waals surface area contributed by atoms with Gasteiger partial charge in [-0.15, -0.1) is 0 Å². The Morgan fingerprint density at radius 2 is 1.78 bits per heavy atom. The van der Waals surface area contributed by atoms with Crippen LogP contribution in [0.5, 0.6) is 11.5 Å². The molecule has 1 unspecified atom stereocenters. The van der Waals surface area contributed by atoms with Crippen molar-refractivity contribution in [3.63, 3.8) is 0 Å². The summed E-state index contributed by atoms with van der Waals surface area (Å²) in [4.78, 5) is 48.6. The molecule has 0 aliphatic carbocycles. The van der Waals surface area contributed by atoms with Crippen LogP contribution in [0.25, 0.3) is 0 Å². The number of benzene rings is 3. The summed E-state index contributed by atoms with van der Waals surface area (Å²) < 4.78 is 33.8. The van der Waals surface area contributed by atoms with E-state index in [1.54, 1.807) is 12.1 Å². The number of hydrogen-bond donors (Lipinski definition) is 4. The van der Waals surface area contributed by atoms with Crippen molar-refractivity contribution in [1.82, 2.24) is 10.2 Å². The molecule has 5 N–H and O–H groups in total. The number of ether oxygens (including phenoxy) is 1. The fourth-order valence-corrected chi connectivity index (χ4v) is 5.10. The average molecular weight is 626 g/mol. The van der Waals surface area contributed by atoms with Crippen LogP contribution in [0.2, 0.25) is 0 Å². The maximum atomic E-state index is 14.3. The Labute approximate surface area is 257 Å². The third-order valence-electron chi connectivity index (χ3n) is 7.46. The molecule has 0 spiro atoms. The maximum absolute atomic E-state index is 14.3. The number of nitro benzene ring substituents is 1. The first-order chi connectivity index (χ1) is 21.4. The van der Waals surface area contributed by atoms with Gasteiger partial charge in [0.1, 0.15) is 17.4 Å². The van der Waals surface area contributed by atoms with E-state index in [0.29, 0.717) is 31.2 Å². The van der Waals surface area contributed by atoms with Crippen LogP contribution >= 0.6 is 0 Å². The molecule has 238 valence electrons. The highest BCUT2D eigenvalue weighted by Crippen LogP contribution is 2.32. The van der Waals surface area contributed by atoms with Gasteiger partial charge in [0.15, 0.2) is 0 Å². The number of carbonyl (C=O) groups is 3. The molecule has 1 heterocycles. The SMILES string of the molecule is CCCC(NC1CCN(Cc2ccc(Oc3ccc(C(=O)O)cc3[N+](=O)[O-])cc2)CC1)C(=O)Nc1cc(C(N)=O)c(F)cc1F. The number of carbonyl (C=O) groups excluding carboxylic acids is 2. The van der Waals surface area contributed by atoms with E-state index in [0.717, 1.165) is 43.6 Å². The lowest BCUT2D eigenvalue weighted by atomic mass is 10.0. The van der Waals surface area contributed by atoms with E-state index >= 15 is 0 Å². The van der Waals surface area contributed by atoms with Crippen molar-refractivity contribution in [3.05, 3.63) is 93.0 Å². The van der Waals surface area contributed by atoms with Crippen molar-refractivity contribution >= 4 is 29.2 Å². The monoisotopic (exact) mass is 625 g/mol. The summed E-state index contributed by atoms with van der Waals surface area (Å²) in [7, 11) is 0. The van der Waals surface area contributed by atoms with Gasteiger partial charge in [-0.2, -0.15) is 0 Å². The molecule has 1 aliphatic rings. The summed E-state index contributed by atoms with van der Waals surface area (Å²) in [5.74, 6) is -4.66. The molecular formula is C31H33F2N5O7. The first-order valence-corrected chi connectivity index (χ1v) is 14.3. The summed E-state index contributed by atoms with van der Waals surface area (Å²) in [6.07, 6.45) is 2.67. The maximum Gasteiger partial charge on any atom is 0.335 e. The molecule has 0 aromatic heterocycles. The summed E-state index contributed by atoms with van der Waals surface area (Å²) in [5.41, 5.74) is 4.63. The summed E-state index contributed by atoms with van der Waals surface area (Å²) in [6.45, 7) is 4.05. The van der Waals surface area contributed by atoms with E-state index in [-0.39, 0.29) is 23.0 Å². The highest BCUT2D eigenvalue weighted by Gasteiger charge is 2.26. The quantitative estimate of drug-likeness (QED) is 0.153. The molecule has 0 radical (unpaired) electrons. The molecular weight excluding hydrogens is 592 g/mol. The molecule has 0 bridgehead atoms. The van der Waals surface area contributed by atoms with E-state index < -0.39 is 51.6 Å². The van der Waals surface area contributed by atoms with Gasteiger partial charge in [-0.05, 0) is 68.2 Å². The highest BCUT2D eigenvalue weighted by atomic mass is 19.1. The van der Waals surface area contributed by atoms with Crippen LogP contribution < -0.4 is 21.1 Å². The van der Waals surface area contributed by atoms with Crippen LogP contribution in [0.3, 0.4) is 0 Å². The van der Waals surface area contributed by atoms with Crippen LogP contribution in [-0.2, 0) is 11.3 Å². The molecule has 0 saturated carbocycles. The Kier molecular flexibility index (Phi) is 10.8. The Morgan fingerprint density at radius 1 is 1.09 bits per heavy atom. The number of nitrogens with zero attached hydrogens (tertiary/aromatic N) is 2. The van der Waals surface area contributed by atoms with Gasteiger partial charge in [-0.25, -0.2) is 13.6 Å². The van der Waals surface area contributed by atoms with Gasteiger partial charge in [0.2, 0.25) is 11.7 Å². The number of nitro groups is 1. The molecule has 1 aliphatic heterocycles. The summed E-state index contributed by atoms with van der Waals surface area (Å²) in [6, 6.07) is 11.3. The lowest BCUT2D eigenvalue weighted by Crippen LogP contribution is -2.50. The second kappa shape index (κ2) is 14.7. The third kappa shape index (κ3) is 8.58. The van der Waals surface area contributed by atoms with Crippen LogP contribution in [0.1, 0.15) is 58.9 Å². The molecule has 3 aromatic rings. The molecule has 14 heteroatoms. The van der Waals surface area contributed by atoms with Crippen molar-refractivity contribution in [3.8, 4) is 11.5 Å². The molecule has 12 nitrogen and oxygen atoms in total. The fraction of sp³-hybridized carbons (Fsp3) is 0.323. The van der Waals surface area contributed by atoms with Gasteiger partial charge in [0.05, 0.1) is 27.8 Å². The van der Waals surface area contributed by atoms with Crippen LogP contribution in [0, 0.1) is 21.7 Å². The van der Waals surface area contributed by atoms with Gasteiger partial charge in [0.25, 0.3) is 5.91 Å². The highest BCUT2D eigenvalue weighted by molar-refractivity contribution is 5.98. The zero-order valence-corrected chi connectivity index (χ0v) is 24.4. The first-order valence-electron chi connectivity index (χ1n) is 14.3. The first kappa shape index (κ1) is 33.0. The van der Waals surface area contributed by atoms with E-state index in [1.807, 2.05) is 19.1 Å². The van der Waals surface area contributed by atoms with Gasteiger partial charge >= 0.3 is 11.7 Å². The number of anilines is 1. The smallest absolute Gasteiger partial charge is 0.335 e. The summed E-state index contributed by atoms with van der Waals surface area (Å²) >= 11 is 0. The minimum Gasteiger partial charge on any atom is -0.478 e. The third-order valence-corrected chi connectivity index (χ3v) is 7.46. The standard InChI is InChI=1S/C31H33F2N5O7/c1-2-3-25(30(40)36-26-15-22(29(34)39)23(32)16-24(26)33)35-20-10-12-37(13-11-20)17-18-4-7-21(8-5-18)45-28-9-6-19(31(41)42)14-27(28)38(43)44/h4-9,14-16,20,25,35H,2-3,10-13,17H2,1H3,(H2,34,39)(H,36,40)(H,41,42). The average Bonchev–Trinajstić information content (AvgIpc) is 3.00. The van der Waals surface area contributed by atoms with Gasteiger partial charge < -0.3 is 26.2 Å². The number of rotatable bonds is 13. The second-order valence-electron chi connectivity index (χ2n) is 10.7. The number of piperidine rings is 1. The van der Waals surface area contributed by atoms with E-state index in [9.17, 15) is 33.3 Å². The zero-order chi connectivity index (χ0) is 32.7. The summed E-state index contributed by atoms with van der Waals surface area (Å²) in [5, 5.41) is 26.3. The van der Waals surface area contributed by atoms with Crippen molar-refractivity contribution in [1.29, 1.82) is 0 Å². The zero-order valence-electron chi connectivity index (χ0n) is 24.4. The van der Waals surface area contributed by atoms with E-state index in [1.165, 1.54) is 12.1 Å². The number of carboxylic acid groups (broad SMARTS) is 1. The number of nitrogens with one attached hydrogen (secondary N) is 2. The predicted molar refractivity (Wildman–Crippen MR) is 160 cm³/mol. The molecule has 1 atom stereocenters. The van der Waals surface area contributed by atoms with Crippen molar-refractivity contribution in [2.75, 3.05) is 18.4 Å². The minimum absolute atomic E-state index is 0.0295. The fourth-order valence-electron chi connectivity index (χ4n) is 5.10. The van der Waals surface area contributed by atoms with Gasteiger partial charge in [0, 0.05) is 24.7 Å². The Balaban J connectivity index is 1.30. The molecule has 1 saturated heterocycles. The van der Waals surface area contributed by atoms with Crippen molar-refractivity contribution in [2.45, 2.75) is 51.2 Å². The molecule has 2 amide bonds. The van der Waals surface area contributed by atoms with E-state index in [2.05, 4.69) is 15.5 Å². The Hall–Kier alpha value is -4.95. The second-order valence-corrected chi connectivity index (χ2v) is 10.7.